The van der Waals surface area contributed by atoms with E-state index in [0.717, 1.165) is 0 Å². The van der Waals surface area contributed by atoms with Gasteiger partial charge in [0.2, 0.25) is 0 Å². The fourth-order valence-corrected chi connectivity index (χ4v) is 1.93. The molecular formula is C12H13ClO3. The van der Waals surface area contributed by atoms with Crippen molar-refractivity contribution >= 4 is 17.4 Å². The number of carbonyl (C=O) groups excluding carboxylic acids is 1. The van der Waals surface area contributed by atoms with Crippen molar-refractivity contribution in [1.82, 2.24) is 0 Å². The quantitative estimate of drug-likeness (QED) is 0.746. The number of hydrogen-bond donors (Lipinski definition) is 0. The van der Waals surface area contributed by atoms with Gasteiger partial charge in [0.15, 0.2) is 5.78 Å². The molecule has 1 aromatic rings. The van der Waals surface area contributed by atoms with Crippen LogP contribution in [0.15, 0.2) is 24.3 Å². The lowest BCUT2D eigenvalue weighted by atomic mass is 9.83. The molecular weight excluding hydrogens is 228 g/mol. The molecule has 0 saturated carbocycles. The topological polar surface area (TPSA) is 35.5 Å². The van der Waals surface area contributed by atoms with Crippen LogP contribution in [0, 0.1) is 5.41 Å². The zero-order valence-electron chi connectivity index (χ0n) is 9.03. The number of hydrogen-bond acceptors (Lipinski definition) is 3. The molecule has 0 aliphatic carbocycles. The molecule has 16 heavy (non-hydrogen) atoms. The highest BCUT2D eigenvalue weighted by Gasteiger charge is 2.37. The molecule has 0 aromatic heterocycles. The molecule has 1 heterocycles. The van der Waals surface area contributed by atoms with Gasteiger partial charge in [-0.05, 0) is 19.1 Å². The Morgan fingerprint density at radius 2 is 2.06 bits per heavy atom. The van der Waals surface area contributed by atoms with E-state index in [9.17, 15) is 4.79 Å². The second kappa shape index (κ2) is 4.53. The van der Waals surface area contributed by atoms with E-state index in [1.807, 2.05) is 6.92 Å². The highest BCUT2D eigenvalue weighted by Crippen LogP contribution is 2.27. The third-order valence-electron chi connectivity index (χ3n) is 2.64. The van der Waals surface area contributed by atoms with E-state index in [-0.39, 0.29) is 12.6 Å². The van der Waals surface area contributed by atoms with E-state index in [4.69, 9.17) is 21.1 Å². The highest BCUT2D eigenvalue weighted by molar-refractivity contribution is 6.31. The third kappa shape index (κ3) is 2.26. The van der Waals surface area contributed by atoms with Crippen LogP contribution in [0.25, 0.3) is 0 Å². The van der Waals surface area contributed by atoms with Crippen LogP contribution in [0.4, 0.5) is 0 Å². The van der Waals surface area contributed by atoms with Crippen LogP contribution in [0.3, 0.4) is 0 Å². The Hall–Kier alpha value is -0.900. The molecule has 1 saturated heterocycles. The summed E-state index contributed by atoms with van der Waals surface area (Å²) in [6.45, 7) is 2.88. The second-order valence-corrected chi connectivity index (χ2v) is 4.65. The maximum atomic E-state index is 12.3. The molecule has 0 N–H and O–H groups in total. The van der Waals surface area contributed by atoms with Gasteiger partial charge in [-0.1, -0.05) is 23.7 Å². The molecule has 86 valence electrons. The van der Waals surface area contributed by atoms with Gasteiger partial charge in [0.05, 0.1) is 18.6 Å². The van der Waals surface area contributed by atoms with Gasteiger partial charge in [0.25, 0.3) is 0 Å². The van der Waals surface area contributed by atoms with Crippen LogP contribution in [-0.4, -0.2) is 25.8 Å². The molecule has 0 unspecified atom stereocenters. The zero-order chi connectivity index (χ0) is 11.6. The summed E-state index contributed by atoms with van der Waals surface area (Å²) in [6, 6.07) is 6.94. The predicted octanol–water partition coefficient (Wildman–Crippen LogP) is 2.53. The minimum atomic E-state index is -0.608. The molecule has 1 fully saturated rings. The van der Waals surface area contributed by atoms with Gasteiger partial charge in [-0.15, -0.1) is 0 Å². The SMILES string of the molecule is CC1(C(=O)c2cccc(Cl)c2)COCOC1. The summed E-state index contributed by atoms with van der Waals surface area (Å²) in [5.74, 6) is 0.00898. The third-order valence-corrected chi connectivity index (χ3v) is 2.88. The van der Waals surface area contributed by atoms with Crippen molar-refractivity contribution in [1.29, 1.82) is 0 Å². The van der Waals surface area contributed by atoms with Crippen molar-refractivity contribution < 1.29 is 14.3 Å². The largest absolute Gasteiger partial charge is 0.354 e. The van der Waals surface area contributed by atoms with Crippen molar-refractivity contribution in [2.45, 2.75) is 6.92 Å². The first-order valence-corrected chi connectivity index (χ1v) is 5.45. The van der Waals surface area contributed by atoms with Gasteiger partial charge in [0, 0.05) is 10.6 Å². The Bertz CT molecular complexity index is 397. The van der Waals surface area contributed by atoms with E-state index in [2.05, 4.69) is 0 Å². The lowest BCUT2D eigenvalue weighted by molar-refractivity contribution is -0.144. The molecule has 1 aromatic carbocycles. The van der Waals surface area contributed by atoms with Crippen molar-refractivity contribution in [3.63, 3.8) is 0 Å². The Balaban J connectivity index is 2.24. The van der Waals surface area contributed by atoms with E-state index < -0.39 is 5.41 Å². The second-order valence-electron chi connectivity index (χ2n) is 4.21. The first-order valence-electron chi connectivity index (χ1n) is 5.08. The summed E-state index contributed by atoms with van der Waals surface area (Å²) in [6.07, 6.45) is 0. The minimum Gasteiger partial charge on any atom is -0.354 e. The van der Waals surface area contributed by atoms with Gasteiger partial charge in [-0.25, -0.2) is 0 Å². The number of ether oxygens (including phenoxy) is 2. The van der Waals surface area contributed by atoms with Crippen molar-refractivity contribution in [2.24, 2.45) is 5.41 Å². The molecule has 0 bridgehead atoms. The summed E-state index contributed by atoms with van der Waals surface area (Å²) >= 11 is 5.86. The number of rotatable bonds is 2. The molecule has 1 aliphatic heterocycles. The van der Waals surface area contributed by atoms with Gasteiger partial charge in [-0.2, -0.15) is 0 Å². The summed E-state index contributed by atoms with van der Waals surface area (Å²) < 4.78 is 10.4. The average molecular weight is 241 g/mol. The smallest absolute Gasteiger partial charge is 0.173 e. The number of ketones is 1. The monoisotopic (exact) mass is 240 g/mol. The lowest BCUT2D eigenvalue weighted by Crippen LogP contribution is -2.41. The molecule has 4 heteroatoms. The van der Waals surface area contributed by atoms with Crippen molar-refractivity contribution in [3.05, 3.63) is 34.9 Å². The van der Waals surface area contributed by atoms with E-state index in [0.29, 0.717) is 23.8 Å². The molecule has 1 aliphatic rings. The standard InChI is InChI=1S/C12H13ClO3/c1-12(6-15-8-16-7-12)11(14)9-3-2-4-10(13)5-9/h2-5H,6-8H2,1H3. The number of Topliss-reactive ketones (excluding diaryl/α,β-unsaturated/α-hetero) is 1. The fraction of sp³-hybridized carbons (Fsp3) is 0.417. The Labute approximate surface area is 99.3 Å². The summed E-state index contributed by atoms with van der Waals surface area (Å²) in [4.78, 5) is 12.3. The maximum Gasteiger partial charge on any atom is 0.173 e. The summed E-state index contributed by atoms with van der Waals surface area (Å²) in [5, 5.41) is 0.562. The molecule has 0 spiro atoms. The Kier molecular flexibility index (Phi) is 3.28. The van der Waals surface area contributed by atoms with Crippen LogP contribution in [0.2, 0.25) is 5.02 Å². The van der Waals surface area contributed by atoms with Crippen molar-refractivity contribution in [3.8, 4) is 0 Å². The number of carbonyl (C=O) groups is 1. The average Bonchev–Trinajstić information content (AvgIpc) is 2.29. The molecule has 2 rings (SSSR count). The maximum absolute atomic E-state index is 12.3. The van der Waals surface area contributed by atoms with Gasteiger partial charge in [0.1, 0.15) is 6.79 Å². The molecule has 0 atom stereocenters. The zero-order valence-corrected chi connectivity index (χ0v) is 9.79. The van der Waals surface area contributed by atoms with Gasteiger partial charge in [-0.3, -0.25) is 4.79 Å². The lowest BCUT2D eigenvalue weighted by Gasteiger charge is -2.31. The first-order chi connectivity index (χ1) is 7.62. The van der Waals surface area contributed by atoms with Crippen LogP contribution in [-0.2, 0) is 9.47 Å². The molecule has 0 amide bonds. The Morgan fingerprint density at radius 3 is 2.69 bits per heavy atom. The normalized spacial score (nSPS) is 19.4. The van der Waals surface area contributed by atoms with Gasteiger partial charge < -0.3 is 9.47 Å². The highest BCUT2D eigenvalue weighted by atomic mass is 35.5. The van der Waals surface area contributed by atoms with Crippen LogP contribution >= 0.6 is 11.6 Å². The van der Waals surface area contributed by atoms with Gasteiger partial charge >= 0.3 is 0 Å². The van der Waals surface area contributed by atoms with E-state index in [1.165, 1.54) is 0 Å². The molecule has 3 nitrogen and oxygen atoms in total. The number of halogens is 1. The van der Waals surface area contributed by atoms with E-state index >= 15 is 0 Å². The fourth-order valence-electron chi connectivity index (χ4n) is 1.74. The van der Waals surface area contributed by atoms with Crippen molar-refractivity contribution in [2.75, 3.05) is 20.0 Å². The first kappa shape index (κ1) is 11.6. The Morgan fingerprint density at radius 1 is 1.38 bits per heavy atom. The minimum absolute atomic E-state index is 0.00898. The summed E-state index contributed by atoms with van der Waals surface area (Å²) in [7, 11) is 0. The molecule has 0 radical (unpaired) electrons. The van der Waals surface area contributed by atoms with Crippen LogP contribution in [0.5, 0.6) is 0 Å². The predicted molar refractivity (Wildman–Crippen MR) is 60.7 cm³/mol. The van der Waals surface area contributed by atoms with Crippen LogP contribution in [0.1, 0.15) is 17.3 Å². The number of benzene rings is 1. The van der Waals surface area contributed by atoms with Crippen LogP contribution < -0.4 is 0 Å². The summed E-state index contributed by atoms with van der Waals surface area (Å²) in [5.41, 5.74) is -0.00718. The van der Waals surface area contributed by atoms with E-state index in [1.54, 1.807) is 24.3 Å².